The molecule has 1 rings (SSSR count). The van der Waals surface area contributed by atoms with E-state index in [9.17, 15) is 10.2 Å². The second-order valence-corrected chi connectivity index (χ2v) is 6.97. The molecule has 0 unspecified atom stereocenters. The Morgan fingerprint density at radius 2 is 1.68 bits per heavy atom. The quantitative estimate of drug-likeness (QED) is 0.310. The molecule has 0 aromatic rings. The van der Waals surface area contributed by atoms with Gasteiger partial charge in [0.25, 0.3) is 0 Å². The van der Waals surface area contributed by atoms with Crippen molar-refractivity contribution < 1.29 is 24.8 Å². The van der Waals surface area contributed by atoms with Gasteiger partial charge in [-0.05, 0) is 32.1 Å². The van der Waals surface area contributed by atoms with Crippen LogP contribution in [0, 0.1) is 0 Å². The zero-order chi connectivity index (χ0) is 18.3. The van der Waals surface area contributed by atoms with Crippen LogP contribution in [0.2, 0.25) is 0 Å². The van der Waals surface area contributed by atoms with E-state index in [1.807, 2.05) is 0 Å². The predicted molar refractivity (Wildman–Crippen MR) is 99.6 cm³/mol. The summed E-state index contributed by atoms with van der Waals surface area (Å²) in [5.41, 5.74) is 0. The van der Waals surface area contributed by atoms with Crippen molar-refractivity contribution in [3.63, 3.8) is 0 Å². The van der Waals surface area contributed by atoms with E-state index in [0.29, 0.717) is 6.61 Å². The Labute approximate surface area is 153 Å². The number of aliphatic hydroxyl groups is 3. The van der Waals surface area contributed by atoms with E-state index < -0.39 is 24.4 Å². The molecule has 0 spiro atoms. The van der Waals surface area contributed by atoms with E-state index in [-0.39, 0.29) is 13.2 Å². The van der Waals surface area contributed by atoms with Gasteiger partial charge in [-0.25, -0.2) is 0 Å². The van der Waals surface area contributed by atoms with Gasteiger partial charge in [0.2, 0.25) is 0 Å². The molecule has 0 aromatic heterocycles. The van der Waals surface area contributed by atoms with E-state index in [1.54, 1.807) is 0 Å². The smallest absolute Gasteiger partial charge is 0.114 e. The van der Waals surface area contributed by atoms with Gasteiger partial charge in [-0.1, -0.05) is 51.2 Å². The van der Waals surface area contributed by atoms with Gasteiger partial charge >= 0.3 is 0 Å². The summed E-state index contributed by atoms with van der Waals surface area (Å²) in [6.07, 6.45) is 13.8. The lowest BCUT2D eigenvalue weighted by atomic mass is 10.1. The van der Waals surface area contributed by atoms with E-state index in [2.05, 4.69) is 19.1 Å². The summed E-state index contributed by atoms with van der Waals surface area (Å²) in [7, 11) is 0. The first-order valence-electron chi connectivity index (χ1n) is 10.1. The lowest BCUT2D eigenvalue weighted by molar-refractivity contribution is -0.0937. The maximum atomic E-state index is 9.84. The summed E-state index contributed by atoms with van der Waals surface area (Å²) in [4.78, 5) is 0. The highest BCUT2D eigenvalue weighted by atomic mass is 16.6. The van der Waals surface area contributed by atoms with Gasteiger partial charge in [-0.15, -0.1) is 0 Å². The zero-order valence-electron chi connectivity index (χ0n) is 15.8. The summed E-state index contributed by atoms with van der Waals surface area (Å²) in [6, 6.07) is 0. The minimum atomic E-state index is -1.01. The molecule has 5 heteroatoms. The third kappa shape index (κ3) is 9.71. The van der Waals surface area contributed by atoms with Crippen molar-refractivity contribution in [2.45, 2.75) is 95.5 Å². The third-order valence-electron chi connectivity index (χ3n) is 4.70. The highest BCUT2D eigenvalue weighted by Crippen LogP contribution is 2.21. The van der Waals surface area contributed by atoms with Gasteiger partial charge in [0.05, 0.1) is 13.2 Å². The summed E-state index contributed by atoms with van der Waals surface area (Å²) >= 11 is 0. The fourth-order valence-electron chi connectivity index (χ4n) is 3.12. The lowest BCUT2D eigenvalue weighted by Crippen LogP contribution is -2.42. The number of unbranched alkanes of at least 4 members (excludes halogenated alkanes) is 8. The molecule has 0 aliphatic carbocycles. The molecule has 5 nitrogen and oxygen atoms in total. The second-order valence-electron chi connectivity index (χ2n) is 6.97. The molecule has 0 bridgehead atoms. The first kappa shape index (κ1) is 22.6. The molecular formula is C20H38O5. The first-order chi connectivity index (χ1) is 12.2. The van der Waals surface area contributed by atoms with Crippen molar-refractivity contribution >= 4 is 0 Å². The normalized spacial score (nSPS) is 25.0. The first-order valence-corrected chi connectivity index (χ1v) is 10.1. The van der Waals surface area contributed by atoms with Gasteiger partial charge in [-0.2, -0.15) is 0 Å². The van der Waals surface area contributed by atoms with Crippen molar-refractivity contribution in [3.8, 4) is 0 Å². The Balaban J connectivity index is 1.98. The standard InChI is InChI=1S/C20H38O5/c1-2-3-4-5-6-7-8-9-10-11-12-13-14-24-20-18(23)16-25-19(20)17(22)15-21/h9-10,17-23H,2-8,11-16H2,1H3/b10-9+/t17-,18+,19-,20-/m0/s1. The van der Waals surface area contributed by atoms with Crippen molar-refractivity contribution in [2.75, 3.05) is 19.8 Å². The van der Waals surface area contributed by atoms with Crippen LogP contribution in [0.1, 0.15) is 71.1 Å². The molecule has 4 atom stereocenters. The van der Waals surface area contributed by atoms with E-state index in [4.69, 9.17) is 14.6 Å². The van der Waals surface area contributed by atoms with Crippen LogP contribution in [0.3, 0.4) is 0 Å². The Bertz CT molecular complexity index is 334. The Kier molecular flexibility index (Phi) is 13.3. The van der Waals surface area contributed by atoms with Gasteiger partial charge in [0.15, 0.2) is 0 Å². The number of hydrogen-bond acceptors (Lipinski definition) is 5. The van der Waals surface area contributed by atoms with Crippen LogP contribution in [-0.2, 0) is 9.47 Å². The van der Waals surface area contributed by atoms with Crippen LogP contribution in [0.4, 0.5) is 0 Å². The van der Waals surface area contributed by atoms with Gasteiger partial charge in [0.1, 0.15) is 24.4 Å². The molecule has 1 saturated heterocycles. The SMILES string of the molecule is CCCCCCCC/C=C/CCCCO[C@@H]1[C@H]([C@@H](O)CO)OC[C@H]1O. The highest BCUT2D eigenvalue weighted by Gasteiger charge is 2.40. The predicted octanol–water partition coefficient (Wildman–Crippen LogP) is 2.96. The molecule has 25 heavy (non-hydrogen) atoms. The maximum Gasteiger partial charge on any atom is 0.114 e. The van der Waals surface area contributed by atoms with Gasteiger partial charge in [-0.3, -0.25) is 0 Å². The summed E-state index contributed by atoms with van der Waals surface area (Å²) < 4.78 is 11.0. The van der Waals surface area contributed by atoms with Crippen molar-refractivity contribution in [3.05, 3.63) is 12.2 Å². The fraction of sp³-hybridized carbons (Fsp3) is 0.900. The average molecular weight is 359 g/mol. The maximum absolute atomic E-state index is 9.84. The number of aliphatic hydroxyl groups excluding tert-OH is 3. The second kappa shape index (κ2) is 14.7. The molecule has 0 radical (unpaired) electrons. The van der Waals surface area contributed by atoms with Gasteiger partial charge in [0, 0.05) is 6.61 Å². The largest absolute Gasteiger partial charge is 0.394 e. The average Bonchev–Trinajstić information content (AvgIpc) is 2.99. The van der Waals surface area contributed by atoms with Crippen LogP contribution >= 0.6 is 0 Å². The van der Waals surface area contributed by atoms with Crippen LogP contribution in [0.5, 0.6) is 0 Å². The summed E-state index contributed by atoms with van der Waals surface area (Å²) in [5, 5.41) is 28.5. The number of rotatable bonds is 15. The van der Waals surface area contributed by atoms with Crippen molar-refractivity contribution in [1.29, 1.82) is 0 Å². The Morgan fingerprint density at radius 1 is 1.04 bits per heavy atom. The Hall–Kier alpha value is -0.460. The molecule has 1 fully saturated rings. The number of ether oxygens (including phenoxy) is 2. The van der Waals surface area contributed by atoms with E-state index in [1.165, 1.54) is 44.9 Å². The van der Waals surface area contributed by atoms with E-state index >= 15 is 0 Å². The third-order valence-corrected chi connectivity index (χ3v) is 4.70. The minimum Gasteiger partial charge on any atom is -0.394 e. The Morgan fingerprint density at radius 3 is 2.36 bits per heavy atom. The molecule has 1 heterocycles. The molecule has 0 saturated carbocycles. The molecular weight excluding hydrogens is 320 g/mol. The van der Waals surface area contributed by atoms with Crippen molar-refractivity contribution in [1.82, 2.24) is 0 Å². The number of allylic oxidation sites excluding steroid dienone is 2. The van der Waals surface area contributed by atoms with Gasteiger partial charge < -0.3 is 24.8 Å². The summed E-state index contributed by atoms with van der Waals surface area (Å²) in [6.45, 7) is 2.54. The topological polar surface area (TPSA) is 79.2 Å². The molecule has 148 valence electrons. The van der Waals surface area contributed by atoms with Crippen LogP contribution in [0.15, 0.2) is 12.2 Å². The molecule has 1 aliphatic rings. The van der Waals surface area contributed by atoms with Crippen LogP contribution in [-0.4, -0.2) is 59.6 Å². The lowest BCUT2D eigenvalue weighted by Gasteiger charge is -2.23. The van der Waals surface area contributed by atoms with E-state index in [0.717, 1.165) is 19.3 Å². The summed E-state index contributed by atoms with van der Waals surface area (Å²) in [5.74, 6) is 0. The van der Waals surface area contributed by atoms with Crippen molar-refractivity contribution in [2.24, 2.45) is 0 Å². The fourth-order valence-corrected chi connectivity index (χ4v) is 3.12. The minimum absolute atomic E-state index is 0.146. The number of hydrogen-bond donors (Lipinski definition) is 3. The molecule has 0 aromatic carbocycles. The van der Waals surface area contributed by atoms with Crippen LogP contribution in [0.25, 0.3) is 0 Å². The monoisotopic (exact) mass is 358 g/mol. The molecule has 1 aliphatic heterocycles. The molecule has 0 amide bonds. The zero-order valence-corrected chi connectivity index (χ0v) is 15.8. The van der Waals surface area contributed by atoms with Crippen LogP contribution < -0.4 is 0 Å². The highest BCUT2D eigenvalue weighted by molar-refractivity contribution is 4.89. The molecule has 3 N–H and O–H groups in total.